The van der Waals surface area contributed by atoms with Crippen LogP contribution in [0.25, 0.3) is 0 Å². The van der Waals surface area contributed by atoms with Gasteiger partial charge in [0.1, 0.15) is 6.04 Å². The monoisotopic (exact) mass is 201 g/mol. The SMILES string of the molecule is COCC(NCC1CC1(C)C)C(=O)O. The molecule has 4 nitrogen and oxygen atoms in total. The molecule has 0 bridgehead atoms. The van der Waals surface area contributed by atoms with Gasteiger partial charge in [0.25, 0.3) is 0 Å². The zero-order chi connectivity index (χ0) is 10.8. The van der Waals surface area contributed by atoms with Crippen LogP contribution < -0.4 is 5.32 Å². The number of aliphatic carboxylic acids is 1. The second-order valence-corrected chi connectivity index (χ2v) is 4.64. The van der Waals surface area contributed by atoms with Crippen molar-refractivity contribution in [1.82, 2.24) is 5.32 Å². The molecule has 2 atom stereocenters. The summed E-state index contributed by atoms with van der Waals surface area (Å²) in [6.07, 6.45) is 1.18. The van der Waals surface area contributed by atoms with E-state index in [2.05, 4.69) is 19.2 Å². The summed E-state index contributed by atoms with van der Waals surface area (Å²) in [5, 5.41) is 11.8. The lowest BCUT2D eigenvalue weighted by Crippen LogP contribution is -2.41. The number of carbonyl (C=O) groups is 1. The fourth-order valence-electron chi connectivity index (χ4n) is 1.59. The Labute approximate surface area is 84.6 Å². The van der Waals surface area contributed by atoms with Crippen LogP contribution in [0.15, 0.2) is 0 Å². The van der Waals surface area contributed by atoms with Gasteiger partial charge in [0.15, 0.2) is 0 Å². The summed E-state index contributed by atoms with van der Waals surface area (Å²) >= 11 is 0. The average Bonchev–Trinajstić information content (AvgIpc) is 2.67. The molecule has 0 aliphatic heterocycles. The van der Waals surface area contributed by atoms with E-state index in [4.69, 9.17) is 9.84 Å². The van der Waals surface area contributed by atoms with Crippen LogP contribution in [-0.4, -0.2) is 37.4 Å². The molecule has 0 saturated heterocycles. The molecule has 1 fully saturated rings. The number of methoxy groups -OCH3 is 1. The van der Waals surface area contributed by atoms with Gasteiger partial charge in [-0.25, -0.2) is 0 Å². The fourth-order valence-corrected chi connectivity index (χ4v) is 1.59. The summed E-state index contributed by atoms with van der Waals surface area (Å²) < 4.78 is 4.83. The van der Waals surface area contributed by atoms with Gasteiger partial charge in [0.05, 0.1) is 6.61 Å². The van der Waals surface area contributed by atoms with Crippen molar-refractivity contribution in [3.05, 3.63) is 0 Å². The molecule has 1 saturated carbocycles. The molecule has 0 radical (unpaired) electrons. The molecular weight excluding hydrogens is 182 g/mol. The molecular formula is C10H19NO3. The average molecular weight is 201 g/mol. The summed E-state index contributed by atoms with van der Waals surface area (Å²) in [7, 11) is 1.51. The van der Waals surface area contributed by atoms with Crippen molar-refractivity contribution >= 4 is 5.97 Å². The zero-order valence-corrected chi connectivity index (χ0v) is 9.04. The Morgan fingerprint density at radius 2 is 2.29 bits per heavy atom. The Morgan fingerprint density at radius 1 is 1.71 bits per heavy atom. The van der Waals surface area contributed by atoms with E-state index in [0.29, 0.717) is 11.3 Å². The number of rotatable bonds is 6. The lowest BCUT2D eigenvalue weighted by atomic mass is 10.1. The normalized spacial score (nSPS) is 25.8. The summed E-state index contributed by atoms with van der Waals surface area (Å²) in [5.41, 5.74) is 0.392. The minimum atomic E-state index is -0.842. The Balaban J connectivity index is 2.24. The van der Waals surface area contributed by atoms with E-state index in [1.807, 2.05) is 0 Å². The molecule has 2 N–H and O–H groups in total. The topological polar surface area (TPSA) is 58.6 Å². The fraction of sp³-hybridized carbons (Fsp3) is 0.900. The highest BCUT2D eigenvalue weighted by atomic mass is 16.5. The zero-order valence-electron chi connectivity index (χ0n) is 9.04. The number of carboxylic acid groups (broad SMARTS) is 1. The number of hydrogen-bond acceptors (Lipinski definition) is 3. The molecule has 0 aromatic heterocycles. The molecule has 1 aliphatic carbocycles. The first-order valence-electron chi connectivity index (χ1n) is 4.92. The number of carboxylic acids is 1. The van der Waals surface area contributed by atoms with Crippen LogP contribution in [0.1, 0.15) is 20.3 Å². The maximum absolute atomic E-state index is 10.7. The first kappa shape index (κ1) is 11.5. The largest absolute Gasteiger partial charge is 0.480 e. The maximum Gasteiger partial charge on any atom is 0.323 e. The lowest BCUT2D eigenvalue weighted by molar-refractivity contribution is -0.140. The molecule has 1 rings (SSSR count). The highest BCUT2D eigenvalue weighted by Gasteiger charge is 2.45. The van der Waals surface area contributed by atoms with Gasteiger partial charge in [-0.15, -0.1) is 0 Å². The van der Waals surface area contributed by atoms with Crippen molar-refractivity contribution in [3.63, 3.8) is 0 Å². The number of ether oxygens (including phenoxy) is 1. The van der Waals surface area contributed by atoms with Crippen LogP contribution in [0, 0.1) is 11.3 Å². The van der Waals surface area contributed by atoms with Crippen LogP contribution in [0.4, 0.5) is 0 Å². The molecule has 0 aromatic rings. The lowest BCUT2D eigenvalue weighted by Gasteiger charge is -2.13. The predicted octanol–water partition coefficient (Wildman–Crippen LogP) is 0.722. The van der Waals surface area contributed by atoms with Crippen molar-refractivity contribution in [2.75, 3.05) is 20.3 Å². The van der Waals surface area contributed by atoms with E-state index in [0.717, 1.165) is 6.54 Å². The van der Waals surface area contributed by atoms with Crippen molar-refractivity contribution < 1.29 is 14.6 Å². The van der Waals surface area contributed by atoms with Crippen LogP contribution >= 0.6 is 0 Å². The second-order valence-electron chi connectivity index (χ2n) is 4.64. The smallest absolute Gasteiger partial charge is 0.323 e. The summed E-state index contributed by atoms with van der Waals surface area (Å²) in [4.78, 5) is 10.7. The van der Waals surface area contributed by atoms with Gasteiger partial charge in [-0.05, 0) is 24.3 Å². The van der Waals surface area contributed by atoms with Gasteiger partial charge >= 0.3 is 5.97 Å². The minimum Gasteiger partial charge on any atom is -0.480 e. The van der Waals surface area contributed by atoms with Gasteiger partial charge in [-0.2, -0.15) is 0 Å². The van der Waals surface area contributed by atoms with Gasteiger partial charge < -0.3 is 15.2 Å². The highest BCUT2D eigenvalue weighted by Crippen LogP contribution is 2.50. The third kappa shape index (κ3) is 2.96. The van der Waals surface area contributed by atoms with Crippen LogP contribution in [0.2, 0.25) is 0 Å². The maximum atomic E-state index is 10.7. The molecule has 82 valence electrons. The molecule has 1 aliphatic rings. The minimum absolute atomic E-state index is 0.225. The predicted molar refractivity (Wildman–Crippen MR) is 53.2 cm³/mol. The van der Waals surface area contributed by atoms with E-state index in [1.165, 1.54) is 13.5 Å². The number of hydrogen-bond donors (Lipinski definition) is 2. The van der Waals surface area contributed by atoms with Crippen LogP contribution in [0.5, 0.6) is 0 Å². The van der Waals surface area contributed by atoms with Crippen molar-refractivity contribution in [2.45, 2.75) is 26.3 Å². The molecule has 0 aromatic carbocycles. The first-order chi connectivity index (χ1) is 6.47. The van der Waals surface area contributed by atoms with E-state index in [-0.39, 0.29) is 6.61 Å². The van der Waals surface area contributed by atoms with E-state index >= 15 is 0 Å². The summed E-state index contributed by atoms with van der Waals surface area (Å²) in [6.45, 7) is 5.40. The van der Waals surface area contributed by atoms with Gasteiger partial charge in [0, 0.05) is 7.11 Å². The summed E-state index contributed by atoms with van der Waals surface area (Å²) in [6, 6.07) is -0.573. The third-order valence-corrected chi connectivity index (χ3v) is 2.96. The van der Waals surface area contributed by atoms with E-state index < -0.39 is 12.0 Å². The van der Waals surface area contributed by atoms with Gasteiger partial charge in [0.2, 0.25) is 0 Å². The Morgan fingerprint density at radius 3 is 2.64 bits per heavy atom. The molecule has 4 heteroatoms. The first-order valence-corrected chi connectivity index (χ1v) is 4.92. The summed E-state index contributed by atoms with van der Waals surface area (Å²) in [5.74, 6) is -0.230. The van der Waals surface area contributed by atoms with Crippen LogP contribution in [-0.2, 0) is 9.53 Å². The molecule has 0 amide bonds. The van der Waals surface area contributed by atoms with Crippen molar-refractivity contribution in [2.24, 2.45) is 11.3 Å². The molecule has 0 heterocycles. The van der Waals surface area contributed by atoms with Gasteiger partial charge in [-0.1, -0.05) is 13.8 Å². The third-order valence-electron chi connectivity index (χ3n) is 2.96. The Hall–Kier alpha value is -0.610. The molecule has 0 spiro atoms. The van der Waals surface area contributed by atoms with E-state index in [9.17, 15) is 4.79 Å². The van der Waals surface area contributed by atoms with Crippen molar-refractivity contribution in [1.29, 1.82) is 0 Å². The number of nitrogens with one attached hydrogen (secondary N) is 1. The molecule has 2 unspecified atom stereocenters. The second kappa shape index (κ2) is 4.28. The van der Waals surface area contributed by atoms with Crippen molar-refractivity contribution in [3.8, 4) is 0 Å². The Bertz CT molecular complexity index is 215. The quantitative estimate of drug-likeness (QED) is 0.665. The van der Waals surface area contributed by atoms with Crippen LogP contribution in [0.3, 0.4) is 0 Å². The van der Waals surface area contributed by atoms with Gasteiger partial charge in [-0.3, -0.25) is 4.79 Å². The Kier molecular flexibility index (Phi) is 3.50. The molecule has 14 heavy (non-hydrogen) atoms. The van der Waals surface area contributed by atoms with E-state index in [1.54, 1.807) is 0 Å². The standard InChI is InChI=1S/C10H19NO3/c1-10(2)4-7(10)5-11-8(6-14-3)9(12)13/h7-8,11H,4-6H2,1-3H3,(H,12,13). The highest BCUT2D eigenvalue weighted by molar-refractivity contribution is 5.73.